The summed E-state index contributed by atoms with van der Waals surface area (Å²) in [6.07, 6.45) is 3.16. The van der Waals surface area contributed by atoms with Crippen LogP contribution in [0.4, 0.5) is 0 Å². The van der Waals surface area contributed by atoms with Crippen LogP contribution in [0.15, 0.2) is 0 Å². The second-order valence-electron chi connectivity index (χ2n) is 5.27. The third-order valence-corrected chi connectivity index (χ3v) is 3.54. The van der Waals surface area contributed by atoms with Crippen LogP contribution in [0.1, 0.15) is 47.0 Å². The Morgan fingerprint density at radius 2 is 2.00 bits per heavy atom. The first kappa shape index (κ1) is 12.2. The van der Waals surface area contributed by atoms with E-state index < -0.39 is 0 Å². The average molecular weight is 211 g/mol. The fourth-order valence-electron chi connectivity index (χ4n) is 2.23. The average Bonchev–Trinajstić information content (AvgIpc) is 2.44. The quantitative estimate of drug-likeness (QED) is 0.775. The van der Waals surface area contributed by atoms with Crippen molar-refractivity contribution in [2.45, 2.75) is 53.0 Å². The zero-order valence-corrected chi connectivity index (χ0v) is 10.1. The largest absolute Gasteiger partial charge is 0.346 e. The molecule has 0 bridgehead atoms. The number of carbonyl (C=O) groups is 2. The lowest BCUT2D eigenvalue weighted by atomic mass is 9.81. The Bertz CT molecular complexity index is 271. The molecule has 1 fully saturated rings. The summed E-state index contributed by atoms with van der Waals surface area (Å²) in [5.41, 5.74) is 0.0839. The lowest BCUT2D eigenvalue weighted by molar-refractivity contribution is -0.131. The van der Waals surface area contributed by atoms with Gasteiger partial charge in [-0.3, -0.25) is 9.59 Å². The van der Waals surface area contributed by atoms with Crippen molar-refractivity contribution in [2.24, 2.45) is 11.3 Å². The minimum absolute atomic E-state index is 0.0131. The van der Waals surface area contributed by atoms with E-state index in [-0.39, 0.29) is 29.1 Å². The van der Waals surface area contributed by atoms with Crippen LogP contribution in [0.25, 0.3) is 0 Å². The van der Waals surface area contributed by atoms with E-state index in [0.29, 0.717) is 0 Å². The minimum atomic E-state index is -0.353. The molecule has 86 valence electrons. The van der Waals surface area contributed by atoms with Gasteiger partial charge in [-0.15, -0.1) is 0 Å². The van der Waals surface area contributed by atoms with Gasteiger partial charge >= 0.3 is 0 Å². The van der Waals surface area contributed by atoms with Crippen LogP contribution in [0.3, 0.4) is 0 Å². The van der Waals surface area contributed by atoms with Gasteiger partial charge in [0.25, 0.3) is 0 Å². The normalized spacial score (nSPS) is 26.0. The molecule has 3 heteroatoms. The van der Waals surface area contributed by atoms with Crippen LogP contribution in [0.2, 0.25) is 0 Å². The first-order valence-electron chi connectivity index (χ1n) is 5.65. The fourth-order valence-corrected chi connectivity index (χ4v) is 2.23. The van der Waals surface area contributed by atoms with E-state index in [2.05, 4.69) is 19.2 Å². The van der Waals surface area contributed by atoms with Gasteiger partial charge in [0.2, 0.25) is 5.91 Å². The van der Waals surface area contributed by atoms with Crippen LogP contribution < -0.4 is 5.32 Å². The lowest BCUT2D eigenvalue weighted by Gasteiger charge is -2.26. The van der Waals surface area contributed by atoms with E-state index in [9.17, 15) is 9.59 Å². The van der Waals surface area contributed by atoms with Crippen molar-refractivity contribution in [2.75, 3.05) is 0 Å². The van der Waals surface area contributed by atoms with Gasteiger partial charge in [0.1, 0.15) is 0 Å². The number of ketones is 1. The van der Waals surface area contributed by atoms with E-state index in [1.54, 1.807) is 6.92 Å². The van der Waals surface area contributed by atoms with Crippen LogP contribution >= 0.6 is 0 Å². The summed E-state index contributed by atoms with van der Waals surface area (Å²) < 4.78 is 0. The predicted molar refractivity (Wildman–Crippen MR) is 59.4 cm³/mol. The highest BCUT2D eigenvalue weighted by Gasteiger charge is 2.39. The van der Waals surface area contributed by atoms with Gasteiger partial charge in [-0.1, -0.05) is 20.3 Å². The van der Waals surface area contributed by atoms with Crippen LogP contribution in [0, 0.1) is 11.3 Å². The Kier molecular flexibility index (Phi) is 3.53. The summed E-state index contributed by atoms with van der Waals surface area (Å²) in [6.45, 7) is 7.50. The van der Waals surface area contributed by atoms with Gasteiger partial charge in [0.15, 0.2) is 5.78 Å². The van der Waals surface area contributed by atoms with Crippen molar-refractivity contribution in [3.8, 4) is 0 Å². The Labute approximate surface area is 91.6 Å². The molecular formula is C12H21NO2. The topological polar surface area (TPSA) is 46.2 Å². The fraction of sp³-hybridized carbons (Fsp3) is 0.833. The van der Waals surface area contributed by atoms with Crippen molar-refractivity contribution >= 4 is 11.7 Å². The molecular weight excluding hydrogens is 190 g/mol. The number of nitrogens with one attached hydrogen (secondary N) is 1. The summed E-state index contributed by atoms with van der Waals surface area (Å²) in [4.78, 5) is 23.0. The Hall–Kier alpha value is -0.860. The molecule has 0 aliphatic heterocycles. The molecule has 1 rings (SSSR count). The molecule has 0 aromatic rings. The van der Waals surface area contributed by atoms with Gasteiger partial charge in [-0.25, -0.2) is 0 Å². The van der Waals surface area contributed by atoms with E-state index in [4.69, 9.17) is 0 Å². The summed E-state index contributed by atoms with van der Waals surface area (Å²) in [7, 11) is 0. The molecule has 3 nitrogen and oxygen atoms in total. The minimum Gasteiger partial charge on any atom is -0.346 e. The number of hydrogen-bond acceptors (Lipinski definition) is 2. The van der Waals surface area contributed by atoms with E-state index >= 15 is 0 Å². The number of hydrogen-bond donors (Lipinski definition) is 1. The van der Waals surface area contributed by atoms with Crippen LogP contribution in [-0.4, -0.2) is 17.7 Å². The van der Waals surface area contributed by atoms with Crippen molar-refractivity contribution in [3.63, 3.8) is 0 Å². The SMILES string of the molecule is CC(=O)C(C)NC(=O)C1CCCC1(C)C. The number of rotatable bonds is 3. The van der Waals surface area contributed by atoms with Gasteiger partial charge in [0.05, 0.1) is 6.04 Å². The number of carbonyl (C=O) groups excluding carboxylic acids is 2. The van der Waals surface area contributed by atoms with Gasteiger partial charge in [-0.2, -0.15) is 0 Å². The molecule has 1 amide bonds. The highest BCUT2D eigenvalue weighted by atomic mass is 16.2. The molecule has 0 saturated heterocycles. The first-order valence-corrected chi connectivity index (χ1v) is 5.65. The van der Waals surface area contributed by atoms with Gasteiger partial charge in [0, 0.05) is 5.92 Å². The Morgan fingerprint density at radius 3 is 2.40 bits per heavy atom. The monoisotopic (exact) mass is 211 g/mol. The zero-order chi connectivity index (χ0) is 11.6. The maximum absolute atomic E-state index is 11.9. The standard InChI is InChI=1S/C12H21NO2/c1-8(9(2)14)13-11(15)10-6-5-7-12(10,3)4/h8,10H,5-7H2,1-4H3,(H,13,15). The summed E-state index contributed by atoms with van der Waals surface area (Å²) in [5, 5.41) is 2.79. The molecule has 2 unspecified atom stereocenters. The van der Waals surface area contributed by atoms with Crippen LogP contribution in [-0.2, 0) is 9.59 Å². The Balaban J connectivity index is 2.58. The number of amides is 1. The highest BCUT2D eigenvalue weighted by molar-refractivity contribution is 5.88. The number of Topliss-reactive ketones (excluding diaryl/α,β-unsaturated/α-hetero) is 1. The van der Waals surface area contributed by atoms with Crippen molar-refractivity contribution in [1.29, 1.82) is 0 Å². The second kappa shape index (κ2) is 4.33. The zero-order valence-electron chi connectivity index (χ0n) is 10.1. The van der Waals surface area contributed by atoms with E-state index in [0.717, 1.165) is 19.3 Å². The second-order valence-corrected chi connectivity index (χ2v) is 5.27. The molecule has 0 aromatic carbocycles. The molecule has 0 heterocycles. The molecule has 0 radical (unpaired) electrons. The molecule has 0 aromatic heterocycles. The molecule has 1 saturated carbocycles. The molecule has 2 atom stereocenters. The van der Waals surface area contributed by atoms with Crippen molar-refractivity contribution < 1.29 is 9.59 Å². The smallest absolute Gasteiger partial charge is 0.224 e. The van der Waals surface area contributed by atoms with E-state index in [1.165, 1.54) is 6.92 Å². The molecule has 15 heavy (non-hydrogen) atoms. The van der Waals surface area contributed by atoms with E-state index in [1.807, 2.05) is 0 Å². The van der Waals surface area contributed by atoms with Crippen molar-refractivity contribution in [1.82, 2.24) is 5.32 Å². The third kappa shape index (κ3) is 2.80. The van der Waals surface area contributed by atoms with Gasteiger partial charge < -0.3 is 5.32 Å². The maximum atomic E-state index is 11.9. The molecule has 1 aliphatic carbocycles. The van der Waals surface area contributed by atoms with Gasteiger partial charge in [-0.05, 0) is 32.1 Å². The van der Waals surface area contributed by atoms with Crippen molar-refractivity contribution in [3.05, 3.63) is 0 Å². The molecule has 1 N–H and O–H groups in total. The maximum Gasteiger partial charge on any atom is 0.224 e. The van der Waals surface area contributed by atoms with Crippen LogP contribution in [0.5, 0.6) is 0 Å². The summed E-state index contributed by atoms with van der Waals surface area (Å²) >= 11 is 0. The lowest BCUT2D eigenvalue weighted by Crippen LogP contribution is -2.43. The summed E-state index contributed by atoms with van der Waals surface area (Å²) in [6, 6.07) is -0.353. The molecule has 0 spiro atoms. The highest BCUT2D eigenvalue weighted by Crippen LogP contribution is 2.42. The molecule has 1 aliphatic rings. The Morgan fingerprint density at radius 1 is 1.40 bits per heavy atom. The third-order valence-electron chi connectivity index (χ3n) is 3.54. The first-order chi connectivity index (χ1) is 6.84. The predicted octanol–water partition coefficient (Wildman–Crippen LogP) is 1.91. The summed E-state index contributed by atoms with van der Waals surface area (Å²) in [5.74, 6) is 0.124.